The van der Waals surface area contributed by atoms with Gasteiger partial charge >= 0.3 is 0 Å². The number of nitrogens with zero attached hydrogens (tertiary/aromatic N) is 1. The van der Waals surface area contributed by atoms with Crippen molar-refractivity contribution in [3.05, 3.63) is 29.3 Å². The van der Waals surface area contributed by atoms with E-state index in [4.69, 9.17) is 10.2 Å². The van der Waals surface area contributed by atoms with Gasteiger partial charge in [-0.1, -0.05) is 13.8 Å². The van der Waals surface area contributed by atoms with Crippen molar-refractivity contribution in [3.8, 4) is 11.6 Å². The van der Waals surface area contributed by atoms with E-state index in [9.17, 15) is 0 Å². The lowest BCUT2D eigenvalue weighted by Crippen LogP contribution is -1.92. The van der Waals surface area contributed by atoms with Crippen LogP contribution in [-0.4, -0.2) is 9.97 Å². The molecule has 4 nitrogen and oxygen atoms in total. The molecular formula is C12H17N3O. The van der Waals surface area contributed by atoms with Crippen molar-refractivity contribution in [1.82, 2.24) is 9.97 Å². The second-order valence-corrected chi connectivity index (χ2v) is 3.69. The molecular weight excluding hydrogens is 202 g/mol. The maximum atomic E-state index is 5.56. The van der Waals surface area contributed by atoms with Crippen LogP contribution in [0.3, 0.4) is 0 Å². The average Bonchev–Trinajstić information content (AvgIpc) is 2.94. The number of furan rings is 1. The molecule has 0 aromatic carbocycles. The fraction of sp³-hybridized carbons (Fsp3) is 0.417. The summed E-state index contributed by atoms with van der Waals surface area (Å²) in [6, 6.07) is 3.79. The molecule has 4 heteroatoms. The predicted octanol–water partition coefficient (Wildman–Crippen LogP) is 2.25. The molecule has 0 bridgehead atoms. The van der Waals surface area contributed by atoms with Crippen molar-refractivity contribution in [3.63, 3.8) is 0 Å². The SMILES string of the molecule is CCc1nc(-c2ccc(CN)o2)[nH]c1CC. The highest BCUT2D eigenvalue weighted by Crippen LogP contribution is 2.21. The summed E-state index contributed by atoms with van der Waals surface area (Å²) in [5, 5.41) is 0. The number of H-pyrrole nitrogens is 1. The number of hydrogen-bond acceptors (Lipinski definition) is 3. The Morgan fingerprint density at radius 2 is 2.12 bits per heavy atom. The third-order valence-electron chi connectivity index (χ3n) is 2.65. The molecule has 2 rings (SSSR count). The quantitative estimate of drug-likeness (QED) is 0.828. The average molecular weight is 219 g/mol. The first-order chi connectivity index (χ1) is 7.78. The van der Waals surface area contributed by atoms with Crippen LogP contribution in [0, 0.1) is 0 Å². The molecule has 2 heterocycles. The van der Waals surface area contributed by atoms with Crippen LogP contribution in [0.1, 0.15) is 31.0 Å². The molecule has 0 spiro atoms. The van der Waals surface area contributed by atoms with Crippen LogP contribution in [0.4, 0.5) is 0 Å². The number of aromatic nitrogens is 2. The Balaban J connectivity index is 2.36. The molecule has 3 N–H and O–H groups in total. The monoisotopic (exact) mass is 219 g/mol. The van der Waals surface area contributed by atoms with E-state index in [0.717, 1.165) is 35.9 Å². The second-order valence-electron chi connectivity index (χ2n) is 3.69. The molecule has 0 aliphatic carbocycles. The molecule has 0 saturated carbocycles. The fourth-order valence-electron chi connectivity index (χ4n) is 1.76. The van der Waals surface area contributed by atoms with Crippen LogP contribution in [0.15, 0.2) is 16.5 Å². The van der Waals surface area contributed by atoms with Gasteiger partial charge in [0.05, 0.1) is 12.2 Å². The zero-order valence-electron chi connectivity index (χ0n) is 9.71. The predicted molar refractivity (Wildman–Crippen MR) is 62.9 cm³/mol. The number of nitrogens with one attached hydrogen (secondary N) is 1. The molecule has 2 aromatic rings. The minimum Gasteiger partial charge on any atom is -0.456 e. The van der Waals surface area contributed by atoms with Gasteiger partial charge in [0.1, 0.15) is 5.76 Å². The number of hydrogen-bond donors (Lipinski definition) is 2. The summed E-state index contributed by atoms with van der Waals surface area (Å²) in [5.41, 5.74) is 7.80. The zero-order valence-corrected chi connectivity index (χ0v) is 9.71. The van der Waals surface area contributed by atoms with Crippen LogP contribution in [-0.2, 0) is 19.4 Å². The van der Waals surface area contributed by atoms with Crippen molar-refractivity contribution < 1.29 is 4.42 Å². The highest BCUT2D eigenvalue weighted by molar-refractivity contribution is 5.48. The molecule has 0 unspecified atom stereocenters. The van der Waals surface area contributed by atoms with Crippen molar-refractivity contribution in [2.24, 2.45) is 5.73 Å². The summed E-state index contributed by atoms with van der Waals surface area (Å²) >= 11 is 0. The van der Waals surface area contributed by atoms with Gasteiger partial charge in [0.2, 0.25) is 0 Å². The molecule has 0 amide bonds. The number of aromatic amines is 1. The van der Waals surface area contributed by atoms with Crippen LogP contribution in [0.2, 0.25) is 0 Å². The Hall–Kier alpha value is -1.55. The van der Waals surface area contributed by atoms with E-state index in [1.807, 2.05) is 12.1 Å². The van der Waals surface area contributed by atoms with Gasteiger partial charge in [0.15, 0.2) is 11.6 Å². The van der Waals surface area contributed by atoms with Crippen LogP contribution < -0.4 is 5.73 Å². The molecule has 0 radical (unpaired) electrons. The van der Waals surface area contributed by atoms with Gasteiger partial charge in [-0.25, -0.2) is 4.98 Å². The normalized spacial score (nSPS) is 10.9. The van der Waals surface area contributed by atoms with Crippen molar-refractivity contribution in [1.29, 1.82) is 0 Å². The standard InChI is InChI=1S/C12H17N3O/c1-3-9-10(4-2)15-12(14-9)11-6-5-8(7-13)16-11/h5-6H,3-4,7,13H2,1-2H3,(H,14,15). The molecule has 2 aromatic heterocycles. The first-order valence-corrected chi connectivity index (χ1v) is 5.65. The third kappa shape index (κ3) is 1.88. The van der Waals surface area contributed by atoms with Gasteiger partial charge in [-0.05, 0) is 25.0 Å². The van der Waals surface area contributed by atoms with Crippen molar-refractivity contribution >= 4 is 0 Å². The minimum atomic E-state index is 0.419. The van der Waals surface area contributed by atoms with E-state index in [-0.39, 0.29) is 0 Å². The number of nitrogens with two attached hydrogens (primary N) is 1. The first-order valence-electron chi connectivity index (χ1n) is 5.65. The third-order valence-corrected chi connectivity index (χ3v) is 2.65. The Morgan fingerprint density at radius 3 is 2.62 bits per heavy atom. The van der Waals surface area contributed by atoms with E-state index in [1.54, 1.807) is 0 Å². The number of aryl methyl sites for hydroxylation is 2. The van der Waals surface area contributed by atoms with Crippen molar-refractivity contribution in [2.75, 3.05) is 0 Å². The number of imidazole rings is 1. The van der Waals surface area contributed by atoms with Gasteiger partial charge in [-0.3, -0.25) is 0 Å². The van der Waals surface area contributed by atoms with Crippen LogP contribution >= 0.6 is 0 Å². The van der Waals surface area contributed by atoms with Crippen molar-refractivity contribution in [2.45, 2.75) is 33.2 Å². The fourth-order valence-corrected chi connectivity index (χ4v) is 1.76. The van der Waals surface area contributed by atoms with E-state index in [1.165, 1.54) is 5.69 Å². The zero-order chi connectivity index (χ0) is 11.5. The topological polar surface area (TPSA) is 67.8 Å². The Morgan fingerprint density at radius 1 is 1.31 bits per heavy atom. The Kier molecular flexibility index (Phi) is 3.10. The maximum Gasteiger partial charge on any atom is 0.173 e. The number of rotatable bonds is 4. The Labute approximate surface area is 94.9 Å². The summed E-state index contributed by atoms with van der Waals surface area (Å²) in [5.74, 6) is 2.34. The van der Waals surface area contributed by atoms with Crippen LogP contribution in [0.25, 0.3) is 11.6 Å². The molecule has 0 atom stereocenters. The smallest absolute Gasteiger partial charge is 0.173 e. The van der Waals surface area contributed by atoms with E-state index >= 15 is 0 Å². The molecule has 0 aliphatic rings. The lowest BCUT2D eigenvalue weighted by atomic mass is 10.2. The van der Waals surface area contributed by atoms with Crippen LogP contribution in [0.5, 0.6) is 0 Å². The van der Waals surface area contributed by atoms with E-state index in [0.29, 0.717) is 6.54 Å². The highest BCUT2D eigenvalue weighted by atomic mass is 16.3. The highest BCUT2D eigenvalue weighted by Gasteiger charge is 2.11. The molecule has 0 fully saturated rings. The first kappa shape index (κ1) is 11.0. The largest absolute Gasteiger partial charge is 0.456 e. The van der Waals surface area contributed by atoms with E-state index < -0.39 is 0 Å². The second kappa shape index (κ2) is 4.53. The van der Waals surface area contributed by atoms with Gasteiger partial charge in [-0.2, -0.15) is 0 Å². The molecule has 16 heavy (non-hydrogen) atoms. The van der Waals surface area contributed by atoms with Gasteiger partial charge in [0.25, 0.3) is 0 Å². The summed E-state index contributed by atoms with van der Waals surface area (Å²) < 4.78 is 5.56. The summed E-state index contributed by atoms with van der Waals surface area (Å²) in [6.07, 6.45) is 1.89. The molecule has 86 valence electrons. The summed E-state index contributed by atoms with van der Waals surface area (Å²) in [6.45, 7) is 4.64. The minimum absolute atomic E-state index is 0.419. The lowest BCUT2D eigenvalue weighted by molar-refractivity contribution is 0.522. The van der Waals surface area contributed by atoms with E-state index in [2.05, 4.69) is 23.8 Å². The van der Waals surface area contributed by atoms with Gasteiger partial charge in [0, 0.05) is 5.69 Å². The summed E-state index contributed by atoms with van der Waals surface area (Å²) in [7, 11) is 0. The molecule has 0 aliphatic heterocycles. The van der Waals surface area contributed by atoms with Gasteiger partial charge < -0.3 is 15.1 Å². The Bertz CT molecular complexity index is 449. The molecule has 0 saturated heterocycles. The summed E-state index contributed by atoms with van der Waals surface area (Å²) in [4.78, 5) is 7.82. The lowest BCUT2D eigenvalue weighted by Gasteiger charge is -1.92. The maximum absolute atomic E-state index is 5.56. The van der Waals surface area contributed by atoms with Gasteiger partial charge in [-0.15, -0.1) is 0 Å².